The fourth-order valence-corrected chi connectivity index (χ4v) is 3.92. The van der Waals surface area contributed by atoms with Gasteiger partial charge in [0.1, 0.15) is 0 Å². The van der Waals surface area contributed by atoms with Gasteiger partial charge in [0.05, 0.1) is 0 Å². The largest absolute Gasteiger partial charge is 0.314 e. The van der Waals surface area contributed by atoms with Crippen LogP contribution in [-0.2, 0) is 0 Å². The fourth-order valence-electron chi connectivity index (χ4n) is 2.59. The van der Waals surface area contributed by atoms with Crippen molar-refractivity contribution in [3.63, 3.8) is 0 Å². The summed E-state index contributed by atoms with van der Waals surface area (Å²) < 4.78 is 2.31. The lowest BCUT2D eigenvalue weighted by atomic mass is 10.00. The SMILES string of the molecule is CCC[C@H](c1cc(Br)cc(Br)c1)N1CCNCC1. The first-order valence-electron chi connectivity index (χ1n) is 6.61. The Morgan fingerprint density at radius 1 is 1.17 bits per heavy atom. The van der Waals surface area contributed by atoms with Crippen LogP contribution in [0, 0.1) is 0 Å². The van der Waals surface area contributed by atoms with Crippen molar-refractivity contribution in [2.24, 2.45) is 0 Å². The molecular weight excluding hydrogens is 356 g/mol. The number of piperazine rings is 1. The predicted molar refractivity (Wildman–Crippen MR) is 83.9 cm³/mol. The van der Waals surface area contributed by atoms with E-state index in [1.165, 1.54) is 18.4 Å². The smallest absolute Gasteiger partial charge is 0.0349 e. The van der Waals surface area contributed by atoms with E-state index in [4.69, 9.17) is 0 Å². The molecule has 18 heavy (non-hydrogen) atoms. The first kappa shape index (κ1) is 14.5. The third-order valence-corrected chi connectivity index (χ3v) is 4.34. The van der Waals surface area contributed by atoms with Crippen LogP contribution < -0.4 is 5.32 Å². The van der Waals surface area contributed by atoms with E-state index in [1.807, 2.05) is 0 Å². The first-order chi connectivity index (χ1) is 8.70. The third kappa shape index (κ3) is 3.80. The topological polar surface area (TPSA) is 15.3 Å². The molecule has 1 aromatic rings. The molecule has 0 aromatic heterocycles. The van der Waals surface area contributed by atoms with E-state index < -0.39 is 0 Å². The standard InChI is InChI=1S/C14H20Br2N2/c1-2-3-14(18-6-4-17-5-7-18)11-8-12(15)10-13(16)9-11/h8-10,14,17H,2-7H2,1H3/t14-/m1/s1. The van der Waals surface area contributed by atoms with Crippen LogP contribution in [0.1, 0.15) is 31.4 Å². The number of rotatable bonds is 4. The zero-order valence-electron chi connectivity index (χ0n) is 10.8. The van der Waals surface area contributed by atoms with Crippen molar-refractivity contribution >= 4 is 31.9 Å². The van der Waals surface area contributed by atoms with E-state index in [-0.39, 0.29) is 0 Å². The molecule has 2 nitrogen and oxygen atoms in total. The maximum absolute atomic E-state index is 3.60. The molecule has 0 amide bonds. The number of hydrogen-bond acceptors (Lipinski definition) is 2. The summed E-state index contributed by atoms with van der Waals surface area (Å²) in [6.07, 6.45) is 2.45. The summed E-state index contributed by atoms with van der Waals surface area (Å²) in [4.78, 5) is 2.61. The molecule has 0 saturated carbocycles. The fraction of sp³-hybridized carbons (Fsp3) is 0.571. The number of halogens is 2. The Kier molecular flexibility index (Phi) is 5.67. The van der Waals surface area contributed by atoms with Gasteiger partial charge >= 0.3 is 0 Å². The van der Waals surface area contributed by atoms with Gasteiger partial charge in [0.2, 0.25) is 0 Å². The van der Waals surface area contributed by atoms with Gasteiger partial charge in [0, 0.05) is 41.2 Å². The van der Waals surface area contributed by atoms with Gasteiger partial charge in [-0.1, -0.05) is 45.2 Å². The minimum Gasteiger partial charge on any atom is -0.314 e. The molecule has 1 aromatic carbocycles. The van der Waals surface area contributed by atoms with Crippen LogP contribution in [0.15, 0.2) is 27.1 Å². The molecule has 1 atom stereocenters. The second-order valence-corrected chi connectivity index (χ2v) is 6.62. The van der Waals surface area contributed by atoms with Gasteiger partial charge < -0.3 is 5.32 Å². The Morgan fingerprint density at radius 3 is 2.33 bits per heavy atom. The van der Waals surface area contributed by atoms with E-state index in [9.17, 15) is 0 Å². The minimum absolute atomic E-state index is 0.547. The molecular formula is C14H20Br2N2. The van der Waals surface area contributed by atoms with Gasteiger partial charge in [-0.05, 0) is 30.2 Å². The molecule has 100 valence electrons. The van der Waals surface area contributed by atoms with E-state index in [0.29, 0.717) is 6.04 Å². The highest BCUT2D eigenvalue weighted by molar-refractivity contribution is 9.11. The molecule has 2 rings (SSSR count). The zero-order chi connectivity index (χ0) is 13.0. The van der Waals surface area contributed by atoms with Crippen molar-refractivity contribution in [3.05, 3.63) is 32.7 Å². The molecule has 1 saturated heterocycles. The molecule has 1 N–H and O–H groups in total. The second kappa shape index (κ2) is 7.04. The van der Waals surface area contributed by atoms with Crippen molar-refractivity contribution in [3.8, 4) is 0 Å². The lowest BCUT2D eigenvalue weighted by Gasteiger charge is -2.35. The normalized spacial score (nSPS) is 18.8. The van der Waals surface area contributed by atoms with Gasteiger partial charge in [-0.25, -0.2) is 0 Å². The predicted octanol–water partition coefficient (Wildman–Crippen LogP) is 3.96. The number of benzene rings is 1. The molecule has 4 heteroatoms. The minimum atomic E-state index is 0.547. The molecule has 1 aliphatic rings. The highest BCUT2D eigenvalue weighted by atomic mass is 79.9. The summed E-state index contributed by atoms with van der Waals surface area (Å²) in [6, 6.07) is 7.16. The molecule has 0 unspecified atom stereocenters. The van der Waals surface area contributed by atoms with Gasteiger partial charge in [-0.15, -0.1) is 0 Å². The Morgan fingerprint density at radius 2 is 1.78 bits per heavy atom. The van der Waals surface area contributed by atoms with Crippen LogP contribution in [0.3, 0.4) is 0 Å². The van der Waals surface area contributed by atoms with Gasteiger partial charge in [0.25, 0.3) is 0 Å². The van der Waals surface area contributed by atoms with Crippen molar-refractivity contribution in [1.29, 1.82) is 0 Å². The van der Waals surface area contributed by atoms with Crippen LogP contribution in [0.25, 0.3) is 0 Å². The van der Waals surface area contributed by atoms with Crippen LogP contribution >= 0.6 is 31.9 Å². The molecule has 1 fully saturated rings. The summed E-state index contributed by atoms with van der Waals surface area (Å²) in [5.74, 6) is 0. The molecule has 0 bridgehead atoms. The van der Waals surface area contributed by atoms with E-state index in [0.717, 1.165) is 35.1 Å². The van der Waals surface area contributed by atoms with E-state index in [1.54, 1.807) is 0 Å². The van der Waals surface area contributed by atoms with Crippen LogP contribution in [-0.4, -0.2) is 31.1 Å². The third-order valence-electron chi connectivity index (χ3n) is 3.42. The maximum atomic E-state index is 3.60. The van der Waals surface area contributed by atoms with Crippen LogP contribution in [0.2, 0.25) is 0 Å². The first-order valence-corrected chi connectivity index (χ1v) is 8.20. The molecule has 0 spiro atoms. The summed E-state index contributed by atoms with van der Waals surface area (Å²) in [7, 11) is 0. The average molecular weight is 376 g/mol. The Bertz CT molecular complexity index is 369. The second-order valence-electron chi connectivity index (χ2n) is 4.79. The molecule has 1 heterocycles. The van der Waals surface area contributed by atoms with Gasteiger partial charge in [-0.3, -0.25) is 4.90 Å². The molecule has 0 radical (unpaired) electrons. The number of nitrogens with one attached hydrogen (secondary N) is 1. The average Bonchev–Trinajstić information content (AvgIpc) is 2.36. The molecule has 0 aliphatic carbocycles. The summed E-state index contributed by atoms with van der Waals surface area (Å²) in [5, 5.41) is 3.43. The summed E-state index contributed by atoms with van der Waals surface area (Å²) in [5.41, 5.74) is 1.42. The monoisotopic (exact) mass is 374 g/mol. The van der Waals surface area contributed by atoms with Crippen molar-refractivity contribution in [1.82, 2.24) is 10.2 Å². The summed E-state index contributed by atoms with van der Waals surface area (Å²) in [6.45, 7) is 6.77. The zero-order valence-corrected chi connectivity index (χ0v) is 13.9. The van der Waals surface area contributed by atoms with E-state index >= 15 is 0 Å². The molecule has 1 aliphatic heterocycles. The maximum Gasteiger partial charge on any atom is 0.0349 e. The van der Waals surface area contributed by atoms with Crippen molar-refractivity contribution in [2.45, 2.75) is 25.8 Å². The highest BCUT2D eigenvalue weighted by Gasteiger charge is 2.21. The van der Waals surface area contributed by atoms with Crippen LogP contribution in [0.5, 0.6) is 0 Å². The highest BCUT2D eigenvalue weighted by Crippen LogP contribution is 2.30. The van der Waals surface area contributed by atoms with Crippen molar-refractivity contribution in [2.75, 3.05) is 26.2 Å². The Balaban J connectivity index is 2.22. The van der Waals surface area contributed by atoms with Gasteiger partial charge in [-0.2, -0.15) is 0 Å². The van der Waals surface area contributed by atoms with E-state index in [2.05, 4.69) is 67.2 Å². The van der Waals surface area contributed by atoms with Crippen molar-refractivity contribution < 1.29 is 0 Å². The lowest BCUT2D eigenvalue weighted by Crippen LogP contribution is -2.45. The summed E-state index contributed by atoms with van der Waals surface area (Å²) >= 11 is 7.19. The number of nitrogens with zero attached hydrogens (tertiary/aromatic N) is 1. The Labute approximate surface area is 126 Å². The number of hydrogen-bond donors (Lipinski definition) is 1. The Hall–Kier alpha value is 0.1000. The van der Waals surface area contributed by atoms with Gasteiger partial charge in [0.15, 0.2) is 0 Å². The quantitative estimate of drug-likeness (QED) is 0.856. The lowest BCUT2D eigenvalue weighted by molar-refractivity contribution is 0.164. The van der Waals surface area contributed by atoms with Crippen LogP contribution in [0.4, 0.5) is 0 Å².